The first-order valence-electron chi connectivity index (χ1n) is 7.57. The average Bonchev–Trinajstić information content (AvgIpc) is 3.09. The quantitative estimate of drug-likeness (QED) is 0.811. The lowest BCUT2D eigenvalue weighted by atomic mass is 9.77. The first kappa shape index (κ1) is 12.7. The minimum Gasteiger partial charge on any atom is -0.352 e. The van der Waals surface area contributed by atoms with Crippen LogP contribution in [0.4, 0.5) is 19.0 Å². The number of hydrogen-bond donors (Lipinski definition) is 0. The second-order valence-corrected chi connectivity index (χ2v) is 6.61. The molecule has 3 fully saturated rings. The Kier molecular flexibility index (Phi) is 2.25. The van der Waals surface area contributed by atoms with Gasteiger partial charge in [-0.1, -0.05) is 0 Å². The van der Waals surface area contributed by atoms with Crippen molar-refractivity contribution in [2.75, 3.05) is 11.4 Å². The molecule has 5 nitrogen and oxygen atoms in total. The number of halogens is 3. The van der Waals surface area contributed by atoms with Gasteiger partial charge in [0.15, 0.2) is 5.69 Å². The van der Waals surface area contributed by atoms with E-state index in [1.807, 2.05) is 0 Å². The van der Waals surface area contributed by atoms with Crippen LogP contribution in [0.1, 0.15) is 25.0 Å². The molecule has 0 spiro atoms. The molecule has 116 valence electrons. The van der Waals surface area contributed by atoms with Crippen molar-refractivity contribution >= 4 is 11.6 Å². The molecule has 2 aromatic heterocycles. The van der Waals surface area contributed by atoms with Crippen molar-refractivity contribution in [2.24, 2.45) is 17.8 Å². The summed E-state index contributed by atoms with van der Waals surface area (Å²) in [5.74, 6) is 2.51. The Morgan fingerprint density at radius 1 is 1.18 bits per heavy atom. The standard InChI is InChI=1S/C14H14F3N5/c15-14(16,17)10-4-11(22-13(20-10)18-6-19-22)21-5-9-7-1-2-8(3-7)12(9)21/h4,6-9,12H,1-3,5H2. The summed E-state index contributed by atoms with van der Waals surface area (Å²) in [6.07, 6.45) is 0.484. The smallest absolute Gasteiger partial charge is 0.352 e. The van der Waals surface area contributed by atoms with E-state index in [2.05, 4.69) is 20.0 Å². The fraction of sp³-hybridized carbons (Fsp3) is 0.643. The maximum atomic E-state index is 13.1. The normalized spacial score (nSPS) is 33.3. The van der Waals surface area contributed by atoms with Crippen LogP contribution >= 0.6 is 0 Å². The van der Waals surface area contributed by atoms with Crippen LogP contribution in [-0.4, -0.2) is 32.2 Å². The van der Waals surface area contributed by atoms with Crippen molar-refractivity contribution < 1.29 is 13.2 Å². The van der Waals surface area contributed by atoms with E-state index in [9.17, 15) is 13.2 Å². The first-order chi connectivity index (χ1) is 10.5. The van der Waals surface area contributed by atoms with Crippen LogP contribution in [0.5, 0.6) is 0 Å². The largest absolute Gasteiger partial charge is 0.433 e. The van der Waals surface area contributed by atoms with Crippen LogP contribution in [0.2, 0.25) is 0 Å². The highest BCUT2D eigenvalue weighted by atomic mass is 19.4. The number of aromatic nitrogens is 4. The van der Waals surface area contributed by atoms with Gasteiger partial charge in [0.25, 0.3) is 5.78 Å². The van der Waals surface area contributed by atoms with Gasteiger partial charge < -0.3 is 4.90 Å². The van der Waals surface area contributed by atoms with Gasteiger partial charge in [0, 0.05) is 18.7 Å². The molecular weight excluding hydrogens is 295 g/mol. The summed E-state index contributed by atoms with van der Waals surface area (Å²) in [4.78, 5) is 9.50. The van der Waals surface area contributed by atoms with Crippen LogP contribution < -0.4 is 4.90 Å². The monoisotopic (exact) mass is 309 g/mol. The molecule has 0 radical (unpaired) electrons. The third kappa shape index (κ3) is 1.52. The molecule has 3 heterocycles. The van der Waals surface area contributed by atoms with Gasteiger partial charge >= 0.3 is 6.18 Å². The van der Waals surface area contributed by atoms with Gasteiger partial charge in [0.1, 0.15) is 12.1 Å². The Bertz CT molecular complexity index is 753. The maximum absolute atomic E-state index is 13.1. The maximum Gasteiger partial charge on any atom is 0.433 e. The third-order valence-electron chi connectivity index (χ3n) is 5.63. The molecule has 2 bridgehead atoms. The minimum atomic E-state index is -4.47. The van der Waals surface area contributed by atoms with Crippen molar-refractivity contribution in [3.8, 4) is 0 Å². The molecule has 1 aliphatic heterocycles. The summed E-state index contributed by atoms with van der Waals surface area (Å²) in [5.41, 5.74) is -0.894. The number of anilines is 1. The van der Waals surface area contributed by atoms with Crippen molar-refractivity contribution in [1.82, 2.24) is 19.6 Å². The molecule has 0 amide bonds. The van der Waals surface area contributed by atoms with Crippen LogP contribution in [0.3, 0.4) is 0 Å². The number of hydrogen-bond acceptors (Lipinski definition) is 4. The molecule has 22 heavy (non-hydrogen) atoms. The lowest BCUT2D eigenvalue weighted by Gasteiger charge is -2.51. The van der Waals surface area contributed by atoms with E-state index in [1.54, 1.807) is 0 Å². The number of rotatable bonds is 1. The van der Waals surface area contributed by atoms with Crippen molar-refractivity contribution in [3.05, 3.63) is 18.1 Å². The zero-order valence-electron chi connectivity index (χ0n) is 11.7. The van der Waals surface area contributed by atoms with Crippen LogP contribution in [0.15, 0.2) is 12.4 Å². The number of alkyl halides is 3. The molecule has 3 aliphatic rings. The van der Waals surface area contributed by atoms with Crippen molar-refractivity contribution in [3.63, 3.8) is 0 Å². The molecule has 2 saturated carbocycles. The highest BCUT2D eigenvalue weighted by Crippen LogP contribution is 2.56. The van der Waals surface area contributed by atoms with Crippen LogP contribution in [0, 0.1) is 17.8 Å². The summed E-state index contributed by atoms with van der Waals surface area (Å²) >= 11 is 0. The third-order valence-corrected chi connectivity index (χ3v) is 5.63. The fourth-order valence-electron chi connectivity index (χ4n) is 4.73. The van der Waals surface area contributed by atoms with Gasteiger partial charge in [-0.05, 0) is 37.0 Å². The Hall–Kier alpha value is -1.86. The van der Waals surface area contributed by atoms with E-state index < -0.39 is 11.9 Å². The zero-order valence-corrected chi connectivity index (χ0v) is 11.7. The number of fused-ring (bicyclic) bond motifs is 6. The van der Waals surface area contributed by atoms with Gasteiger partial charge in [-0.15, -0.1) is 0 Å². The highest BCUT2D eigenvalue weighted by molar-refractivity contribution is 5.52. The second-order valence-electron chi connectivity index (χ2n) is 6.61. The summed E-state index contributed by atoms with van der Waals surface area (Å²) in [7, 11) is 0. The predicted octanol–water partition coefficient (Wildman–Crippen LogP) is 2.38. The Labute approximate surface area is 124 Å². The molecule has 1 saturated heterocycles. The Balaban J connectivity index is 1.61. The van der Waals surface area contributed by atoms with Crippen molar-refractivity contribution in [2.45, 2.75) is 31.5 Å². The summed E-state index contributed by atoms with van der Waals surface area (Å²) in [6, 6.07) is 1.49. The van der Waals surface area contributed by atoms with E-state index in [1.165, 1.54) is 30.1 Å². The molecule has 4 atom stereocenters. The summed E-state index contributed by atoms with van der Waals surface area (Å²) in [5, 5.41) is 4.06. The van der Waals surface area contributed by atoms with E-state index in [0.29, 0.717) is 23.7 Å². The predicted molar refractivity (Wildman–Crippen MR) is 71.2 cm³/mol. The molecule has 2 aromatic rings. The lowest BCUT2D eigenvalue weighted by Crippen LogP contribution is -2.59. The van der Waals surface area contributed by atoms with Crippen LogP contribution in [-0.2, 0) is 6.18 Å². The number of nitrogens with zero attached hydrogens (tertiary/aromatic N) is 5. The topological polar surface area (TPSA) is 46.3 Å². The van der Waals surface area contributed by atoms with Gasteiger partial charge in [-0.25, -0.2) is 4.98 Å². The van der Waals surface area contributed by atoms with Gasteiger partial charge in [0.2, 0.25) is 0 Å². The first-order valence-corrected chi connectivity index (χ1v) is 7.57. The van der Waals surface area contributed by atoms with Gasteiger partial charge in [0.05, 0.1) is 0 Å². The molecule has 2 aliphatic carbocycles. The van der Waals surface area contributed by atoms with E-state index >= 15 is 0 Å². The second kappa shape index (κ2) is 3.91. The molecule has 0 aromatic carbocycles. The minimum absolute atomic E-state index is 0.0106. The Morgan fingerprint density at radius 2 is 2.00 bits per heavy atom. The van der Waals surface area contributed by atoms with Gasteiger partial charge in [-0.2, -0.15) is 27.8 Å². The summed E-state index contributed by atoms with van der Waals surface area (Å²) in [6.45, 7) is 0.822. The lowest BCUT2D eigenvalue weighted by molar-refractivity contribution is -0.141. The molecule has 4 unspecified atom stereocenters. The molecular formula is C14H14F3N5. The Morgan fingerprint density at radius 3 is 2.77 bits per heavy atom. The zero-order chi connectivity index (χ0) is 15.1. The molecule has 0 N–H and O–H groups in total. The van der Waals surface area contributed by atoms with E-state index in [-0.39, 0.29) is 5.78 Å². The van der Waals surface area contributed by atoms with Crippen LogP contribution in [0.25, 0.3) is 5.78 Å². The summed E-state index contributed by atoms with van der Waals surface area (Å²) < 4.78 is 40.6. The van der Waals surface area contributed by atoms with Gasteiger partial charge in [-0.3, -0.25) is 0 Å². The molecule has 8 heteroatoms. The average molecular weight is 309 g/mol. The fourth-order valence-corrected chi connectivity index (χ4v) is 4.73. The van der Waals surface area contributed by atoms with E-state index in [4.69, 9.17) is 0 Å². The SMILES string of the molecule is FC(F)(F)c1cc(N2CC3C4CCC(C4)C32)n2ncnc2n1. The van der Waals surface area contributed by atoms with Crippen molar-refractivity contribution in [1.29, 1.82) is 0 Å². The molecule has 5 rings (SSSR count). The highest BCUT2D eigenvalue weighted by Gasteiger charge is 2.57. The van der Waals surface area contributed by atoms with E-state index in [0.717, 1.165) is 18.5 Å².